The van der Waals surface area contributed by atoms with Crippen LogP contribution < -0.4 is 17.2 Å². The lowest BCUT2D eigenvalue weighted by Gasteiger charge is -1.90. The predicted molar refractivity (Wildman–Crippen MR) is 62.2 cm³/mol. The molecule has 0 aliphatic carbocycles. The molecule has 7 heteroatoms. The normalized spacial score (nSPS) is 11.4. The molecule has 1 aromatic heterocycles. The molecule has 0 amide bonds. The number of aromatic nitrogens is 1. The van der Waals surface area contributed by atoms with Crippen LogP contribution in [-0.4, -0.2) is 17.1 Å². The van der Waals surface area contributed by atoms with E-state index in [9.17, 15) is 0 Å². The van der Waals surface area contributed by atoms with Crippen molar-refractivity contribution in [3.8, 4) is 0 Å². The molecule has 6 N–H and O–H groups in total. The largest absolute Gasteiger partial charge is 0.370 e. The number of hydrogen-bond donors (Lipinski definition) is 3. The molecule has 1 aromatic rings. The molecule has 0 saturated carbocycles. The zero-order chi connectivity index (χ0) is 12.0. The van der Waals surface area contributed by atoms with Crippen LogP contribution in [0, 0.1) is 0 Å². The number of nitrogens with zero attached hydrogens (tertiary/aromatic N) is 3. The molecule has 0 bridgehead atoms. The van der Waals surface area contributed by atoms with Gasteiger partial charge in [0, 0.05) is 12.5 Å². The minimum atomic E-state index is -0.143. The maximum Gasteiger partial charge on any atom is 0.225 e. The molecule has 7 nitrogen and oxygen atoms in total. The first-order valence-electron chi connectivity index (χ1n) is 5.01. The molecule has 0 aliphatic rings. The highest BCUT2D eigenvalue weighted by Gasteiger charge is 2.02. The molecule has 1 rings (SSSR count). The van der Waals surface area contributed by atoms with Crippen LogP contribution in [0.5, 0.6) is 0 Å². The Morgan fingerprint density at radius 3 is 2.81 bits per heavy atom. The summed E-state index contributed by atoms with van der Waals surface area (Å²) in [5.41, 5.74) is 15.7. The average Bonchev–Trinajstić information content (AvgIpc) is 2.61. The zero-order valence-corrected chi connectivity index (χ0v) is 9.18. The molecule has 16 heavy (non-hydrogen) atoms. The van der Waals surface area contributed by atoms with Gasteiger partial charge in [-0.15, -0.1) is 0 Å². The summed E-state index contributed by atoms with van der Waals surface area (Å²) in [4.78, 5) is 7.43. The molecule has 0 fully saturated rings. The standard InChI is InChI=1S/C9H16N6O/c1-2-3-4-6-5-7(15-16-6)13-9(12)14-8(10)11/h5H,2-4H2,1H3,(H6,10,11,12,13,14,15). The van der Waals surface area contributed by atoms with E-state index in [0.29, 0.717) is 5.82 Å². The summed E-state index contributed by atoms with van der Waals surface area (Å²) < 4.78 is 5.05. The summed E-state index contributed by atoms with van der Waals surface area (Å²) in [6.45, 7) is 2.10. The highest BCUT2D eigenvalue weighted by atomic mass is 16.5. The number of rotatable bonds is 4. The lowest BCUT2D eigenvalue weighted by Crippen LogP contribution is -2.26. The van der Waals surface area contributed by atoms with E-state index in [1.54, 1.807) is 6.07 Å². The van der Waals surface area contributed by atoms with Crippen LogP contribution in [0.2, 0.25) is 0 Å². The van der Waals surface area contributed by atoms with E-state index in [0.717, 1.165) is 25.0 Å². The molecule has 0 aromatic carbocycles. The fourth-order valence-electron chi connectivity index (χ4n) is 1.10. The van der Waals surface area contributed by atoms with Crippen molar-refractivity contribution in [2.24, 2.45) is 27.2 Å². The van der Waals surface area contributed by atoms with Crippen molar-refractivity contribution in [3.05, 3.63) is 11.8 Å². The van der Waals surface area contributed by atoms with Crippen LogP contribution >= 0.6 is 0 Å². The Kier molecular flexibility index (Phi) is 4.31. The second-order valence-electron chi connectivity index (χ2n) is 3.26. The molecule has 0 atom stereocenters. The Hall–Kier alpha value is -2.05. The summed E-state index contributed by atoms with van der Waals surface area (Å²) in [7, 11) is 0. The maximum absolute atomic E-state index is 5.44. The van der Waals surface area contributed by atoms with Gasteiger partial charge in [0.1, 0.15) is 5.76 Å². The Morgan fingerprint density at radius 2 is 2.19 bits per heavy atom. The quantitative estimate of drug-likeness (QED) is 0.498. The maximum atomic E-state index is 5.44. The van der Waals surface area contributed by atoms with Crippen molar-refractivity contribution >= 4 is 17.7 Å². The molecule has 0 radical (unpaired) electrons. The second kappa shape index (κ2) is 5.74. The topological polar surface area (TPSA) is 129 Å². The molecular formula is C9H16N6O. The molecule has 0 aliphatic heterocycles. The lowest BCUT2D eigenvalue weighted by molar-refractivity contribution is 0.382. The van der Waals surface area contributed by atoms with Crippen molar-refractivity contribution in [1.82, 2.24) is 5.16 Å². The summed E-state index contributed by atoms with van der Waals surface area (Å²) in [6, 6.07) is 1.71. The van der Waals surface area contributed by atoms with Crippen LogP contribution in [0.1, 0.15) is 25.5 Å². The van der Waals surface area contributed by atoms with Gasteiger partial charge in [-0.25, -0.2) is 0 Å². The summed E-state index contributed by atoms with van der Waals surface area (Å²) in [5.74, 6) is 0.956. The predicted octanol–water partition coefficient (Wildman–Crippen LogP) is 0.237. The number of aryl methyl sites for hydroxylation is 1. The minimum Gasteiger partial charge on any atom is -0.370 e. The number of aliphatic imine (C=N–C) groups is 2. The third-order valence-electron chi connectivity index (χ3n) is 1.80. The van der Waals surface area contributed by atoms with Gasteiger partial charge in [0.2, 0.25) is 5.96 Å². The van der Waals surface area contributed by atoms with Crippen molar-refractivity contribution in [2.45, 2.75) is 26.2 Å². The number of hydrogen-bond acceptors (Lipinski definition) is 3. The van der Waals surface area contributed by atoms with Gasteiger partial charge in [0.15, 0.2) is 11.8 Å². The summed E-state index contributed by atoms with van der Waals surface area (Å²) in [5, 5.41) is 3.72. The SMILES string of the molecule is CCCCc1cc(N=C(N)N=C(N)N)no1. The van der Waals surface area contributed by atoms with E-state index in [1.807, 2.05) is 0 Å². The summed E-state index contributed by atoms with van der Waals surface area (Å²) >= 11 is 0. The molecular weight excluding hydrogens is 208 g/mol. The summed E-state index contributed by atoms with van der Waals surface area (Å²) in [6.07, 6.45) is 2.97. The highest BCUT2D eigenvalue weighted by molar-refractivity contribution is 5.93. The van der Waals surface area contributed by atoms with Gasteiger partial charge in [-0.1, -0.05) is 18.5 Å². The van der Waals surface area contributed by atoms with E-state index >= 15 is 0 Å². The van der Waals surface area contributed by atoms with Crippen LogP contribution in [0.15, 0.2) is 20.6 Å². The lowest BCUT2D eigenvalue weighted by atomic mass is 10.2. The van der Waals surface area contributed by atoms with Crippen LogP contribution in [0.25, 0.3) is 0 Å². The van der Waals surface area contributed by atoms with E-state index in [4.69, 9.17) is 21.7 Å². The van der Waals surface area contributed by atoms with E-state index in [2.05, 4.69) is 22.1 Å². The van der Waals surface area contributed by atoms with E-state index in [-0.39, 0.29) is 11.9 Å². The number of nitrogens with two attached hydrogens (primary N) is 3. The monoisotopic (exact) mass is 224 g/mol. The fraction of sp³-hybridized carbons (Fsp3) is 0.444. The van der Waals surface area contributed by atoms with Crippen molar-refractivity contribution in [2.75, 3.05) is 0 Å². The first-order valence-corrected chi connectivity index (χ1v) is 5.01. The van der Waals surface area contributed by atoms with Crippen LogP contribution in [-0.2, 0) is 6.42 Å². The molecule has 1 heterocycles. The minimum absolute atomic E-state index is 0.0460. The first kappa shape index (κ1) is 12.0. The molecule has 0 unspecified atom stereocenters. The first-order chi connectivity index (χ1) is 7.61. The van der Waals surface area contributed by atoms with E-state index < -0.39 is 0 Å². The van der Waals surface area contributed by atoms with Gasteiger partial charge in [-0.3, -0.25) is 0 Å². The Labute approximate surface area is 93.4 Å². The van der Waals surface area contributed by atoms with Gasteiger partial charge in [0.25, 0.3) is 0 Å². The third kappa shape index (κ3) is 3.99. The second-order valence-corrected chi connectivity index (χ2v) is 3.26. The highest BCUT2D eigenvalue weighted by Crippen LogP contribution is 2.14. The van der Waals surface area contributed by atoms with Crippen LogP contribution in [0.3, 0.4) is 0 Å². The Morgan fingerprint density at radius 1 is 1.44 bits per heavy atom. The van der Waals surface area contributed by atoms with Crippen LogP contribution in [0.4, 0.5) is 5.82 Å². The van der Waals surface area contributed by atoms with Crippen molar-refractivity contribution in [3.63, 3.8) is 0 Å². The Balaban J connectivity index is 2.67. The van der Waals surface area contributed by atoms with Gasteiger partial charge in [-0.2, -0.15) is 9.98 Å². The van der Waals surface area contributed by atoms with Crippen molar-refractivity contribution < 1.29 is 4.52 Å². The van der Waals surface area contributed by atoms with Crippen molar-refractivity contribution in [1.29, 1.82) is 0 Å². The number of unbranched alkanes of at least 4 members (excludes halogenated alkanes) is 1. The zero-order valence-electron chi connectivity index (χ0n) is 9.18. The molecule has 0 spiro atoms. The average molecular weight is 224 g/mol. The van der Waals surface area contributed by atoms with Gasteiger partial charge in [0.05, 0.1) is 0 Å². The Bertz CT molecular complexity index is 390. The van der Waals surface area contributed by atoms with Gasteiger partial charge in [-0.05, 0) is 6.42 Å². The van der Waals surface area contributed by atoms with E-state index in [1.165, 1.54) is 0 Å². The van der Waals surface area contributed by atoms with Gasteiger partial charge >= 0.3 is 0 Å². The molecule has 88 valence electrons. The fourth-order valence-corrected chi connectivity index (χ4v) is 1.10. The third-order valence-corrected chi connectivity index (χ3v) is 1.80. The molecule has 0 saturated heterocycles. The number of guanidine groups is 2. The van der Waals surface area contributed by atoms with Gasteiger partial charge < -0.3 is 21.7 Å². The smallest absolute Gasteiger partial charge is 0.225 e.